The maximum absolute atomic E-state index is 14.5. The van der Waals surface area contributed by atoms with Crippen LogP contribution in [0.15, 0.2) is 126 Å². The van der Waals surface area contributed by atoms with Gasteiger partial charge >= 0.3 is 0 Å². The molecule has 1 aromatic heterocycles. The summed E-state index contributed by atoms with van der Waals surface area (Å²) in [5, 5.41) is 22.2. The zero-order valence-electron chi connectivity index (χ0n) is 39.0. The Hall–Kier alpha value is -6.47. The van der Waals surface area contributed by atoms with Gasteiger partial charge in [0.25, 0.3) is 11.8 Å². The molecule has 0 aliphatic carbocycles. The summed E-state index contributed by atoms with van der Waals surface area (Å²) in [6.07, 6.45) is 0.577. The van der Waals surface area contributed by atoms with Crippen LogP contribution in [0.2, 0.25) is 0 Å². The van der Waals surface area contributed by atoms with E-state index in [1.165, 1.54) is 22.3 Å². The van der Waals surface area contributed by atoms with Gasteiger partial charge in [-0.25, -0.2) is 0 Å². The first-order valence-corrected chi connectivity index (χ1v) is 23.1. The van der Waals surface area contributed by atoms with Crippen LogP contribution in [0.4, 0.5) is 11.4 Å². The van der Waals surface area contributed by atoms with Crippen LogP contribution in [0, 0.1) is 6.92 Å². The molecule has 13 heteroatoms. The van der Waals surface area contributed by atoms with E-state index in [0.717, 1.165) is 41.0 Å². The topological polar surface area (TPSA) is 133 Å². The Labute approximate surface area is 386 Å². The first-order chi connectivity index (χ1) is 31.2. The first-order valence-electron chi connectivity index (χ1n) is 22.2. The summed E-state index contributed by atoms with van der Waals surface area (Å²) in [5.74, 6) is 1.29. The highest BCUT2D eigenvalue weighted by Gasteiger charge is 2.40. The number of nitrogens with one attached hydrogen (secondary N) is 1. The molecule has 65 heavy (non-hydrogen) atoms. The van der Waals surface area contributed by atoms with Crippen LogP contribution in [0.5, 0.6) is 17.2 Å². The molecule has 3 atom stereocenters. The van der Waals surface area contributed by atoms with Gasteiger partial charge < -0.3 is 19.5 Å². The second kappa shape index (κ2) is 19.7. The van der Waals surface area contributed by atoms with E-state index in [2.05, 4.69) is 87.5 Å². The Kier molecular flexibility index (Phi) is 14.1. The number of anilines is 2. The summed E-state index contributed by atoms with van der Waals surface area (Å²) >= 11 is 1.49. The molecule has 7 rings (SSSR count). The largest absolute Gasteiger partial charge is 0.497 e. The molecule has 1 aliphatic heterocycles. The molecule has 6 aromatic rings. The van der Waals surface area contributed by atoms with Crippen LogP contribution in [-0.4, -0.2) is 57.1 Å². The van der Waals surface area contributed by atoms with Crippen LogP contribution in [0.25, 0.3) is 5.69 Å². The Bertz CT molecular complexity index is 2650. The van der Waals surface area contributed by atoms with E-state index in [9.17, 15) is 9.59 Å². The number of carbonyl (C=O) groups is 2. The number of aromatic nitrogens is 4. The number of thioether (sulfide) groups is 1. The van der Waals surface area contributed by atoms with E-state index in [-0.39, 0.29) is 27.9 Å². The molecule has 0 spiro atoms. The molecule has 2 heterocycles. The van der Waals surface area contributed by atoms with Crippen molar-refractivity contribution in [1.29, 1.82) is 0 Å². The van der Waals surface area contributed by atoms with Gasteiger partial charge in [0.15, 0.2) is 6.10 Å². The number of hydrazone groups is 1. The lowest BCUT2D eigenvalue weighted by molar-refractivity contribution is -0.123. The minimum atomic E-state index is -1.08. The second-order valence-electron chi connectivity index (χ2n) is 17.6. The summed E-state index contributed by atoms with van der Waals surface area (Å²) in [5.41, 5.74) is 7.15. The number of methoxy groups -OCH3 is 1. The number of aryl methyl sites for hydroxylation is 1. The predicted molar refractivity (Wildman–Crippen MR) is 259 cm³/mol. The number of para-hydroxylation sites is 1. The van der Waals surface area contributed by atoms with Crippen molar-refractivity contribution in [2.24, 2.45) is 5.10 Å². The third-order valence-electron chi connectivity index (χ3n) is 12.4. The number of ether oxygens (including phenoxy) is 3. The summed E-state index contributed by atoms with van der Waals surface area (Å²) < 4.78 is 20.4. The number of hydrogen-bond acceptors (Lipinski definition) is 10. The standard InChI is InChI=1S/C52H59N7O5S/c1-11-43(63-45-30-22-36(51(6,7)12-2)32-42(45)52(8,9)13-3)48(60)53-37-23-25-39(26-24-37)58-49(61)47(46(55-58)35-20-27-40(62-10)28-21-35)64-44-29-19-33(4)31-41(44)34(5)65-50-54-56-57-59(50)38-17-15-14-16-18-38/h14-32,34,43,47H,11-13H2,1-10H3,(H,53,60). The molecule has 2 amide bonds. The smallest absolute Gasteiger partial charge is 0.294 e. The van der Waals surface area contributed by atoms with Crippen molar-refractivity contribution in [2.75, 3.05) is 17.4 Å². The number of nitrogens with zero attached hydrogens (tertiary/aromatic N) is 6. The lowest BCUT2D eigenvalue weighted by atomic mass is 9.76. The van der Waals surface area contributed by atoms with Crippen LogP contribution < -0.4 is 24.5 Å². The van der Waals surface area contributed by atoms with Gasteiger partial charge in [-0.1, -0.05) is 108 Å². The van der Waals surface area contributed by atoms with Crippen molar-refractivity contribution in [3.05, 3.63) is 143 Å². The van der Waals surface area contributed by atoms with Crippen molar-refractivity contribution in [1.82, 2.24) is 20.2 Å². The molecular weight excluding hydrogens is 835 g/mol. The van der Waals surface area contributed by atoms with Crippen molar-refractivity contribution >= 4 is 40.7 Å². The van der Waals surface area contributed by atoms with Crippen molar-refractivity contribution in [3.8, 4) is 22.9 Å². The maximum atomic E-state index is 14.5. The van der Waals surface area contributed by atoms with Crippen molar-refractivity contribution in [2.45, 2.75) is 115 Å². The zero-order chi connectivity index (χ0) is 46.5. The van der Waals surface area contributed by atoms with Gasteiger partial charge in [0.2, 0.25) is 11.3 Å². The molecule has 1 aliphatic rings. The number of rotatable bonds is 18. The van der Waals surface area contributed by atoms with Gasteiger partial charge in [-0.2, -0.15) is 14.8 Å². The van der Waals surface area contributed by atoms with Crippen LogP contribution in [0.1, 0.15) is 108 Å². The molecule has 0 bridgehead atoms. The summed E-state index contributed by atoms with van der Waals surface area (Å²) in [6, 6.07) is 36.4. The molecule has 0 saturated carbocycles. The highest BCUT2D eigenvalue weighted by atomic mass is 32.2. The number of hydrogen-bond donors (Lipinski definition) is 1. The molecule has 1 N–H and O–H groups in total. The third-order valence-corrected chi connectivity index (χ3v) is 13.5. The molecular formula is C52H59N7O5S. The Balaban J connectivity index is 1.12. The predicted octanol–water partition coefficient (Wildman–Crippen LogP) is 11.2. The summed E-state index contributed by atoms with van der Waals surface area (Å²) in [6.45, 7) is 19.3. The van der Waals surface area contributed by atoms with E-state index >= 15 is 0 Å². The molecule has 338 valence electrons. The number of carbonyl (C=O) groups excluding carboxylic acids is 2. The van der Waals surface area contributed by atoms with Crippen molar-refractivity contribution in [3.63, 3.8) is 0 Å². The molecule has 3 unspecified atom stereocenters. The fourth-order valence-corrected chi connectivity index (χ4v) is 8.44. The normalized spacial score (nSPS) is 15.0. The summed E-state index contributed by atoms with van der Waals surface area (Å²) in [4.78, 5) is 28.4. The fraction of sp³-hybridized carbons (Fsp3) is 0.346. The quantitative estimate of drug-likeness (QED) is 0.0837. The monoisotopic (exact) mass is 893 g/mol. The third kappa shape index (κ3) is 10.3. The first kappa shape index (κ1) is 46.5. The number of amides is 2. The zero-order valence-corrected chi connectivity index (χ0v) is 39.8. The van der Waals surface area contributed by atoms with Gasteiger partial charge in [-0.05, 0) is 133 Å². The number of benzene rings is 5. The number of tetrazole rings is 1. The van der Waals surface area contributed by atoms with Crippen LogP contribution >= 0.6 is 11.8 Å². The Morgan fingerprint density at radius 2 is 1.52 bits per heavy atom. The summed E-state index contributed by atoms with van der Waals surface area (Å²) in [7, 11) is 1.60. The average molecular weight is 894 g/mol. The molecule has 5 aromatic carbocycles. The maximum Gasteiger partial charge on any atom is 0.294 e. The van der Waals surface area contributed by atoms with E-state index in [4.69, 9.17) is 19.3 Å². The molecule has 12 nitrogen and oxygen atoms in total. The van der Waals surface area contributed by atoms with E-state index in [0.29, 0.717) is 45.7 Å². The molecule has 0 fully saturated rings. The van der Waals surface area contributed by atoms with E-state index in [1.807, 2.05) is 86.6 Å². The van der Waals surface area contributed by atoms with Gasteiger partial charge in [0.05, 0.1) is 18.5 Å². The minimum absolute atomic E-state index is 0.00949. The van der Waals surface area contributed by atoms with Crippen molar-refractivity contribution < 1.29 is 23.8 Å². The molecule has 0 saturated heterocycles. The Morgan fingerprint density at radius 1 is 0.831 bits per heavy atom. The fourth-order valence-electron chi connectivity index (χ4n) is 7.49. The highest BCUT2D eigenvalue weighted by Crippen LogP contribution is 2.41. The van der Waals surface area contributed by atoms with E-state index < -0.39 is 12.2 Å². The lowest BCUT2D eigenvalue weighted by Crippen LogP contribution is -2.37. The average Bonchev–Trinajstić information content (AvgIpc) is 3.92. The van der Waals surface area contributed by atoms with E-state index in [1.54, 1.807) is 36.1 Å². The van der Waals surface area contributed by atoms with Gasteiger partial charge in [-0.3, -0.25) is 9.59 Å². The minimum Gasteiger partial charge on any atom is -0.497 e. The molecule has 0 radical (unpaired) electrons. The van der Waals surface area contributed by atoms with Crippen LogP contribution in [-0.2, 0) is 20.4 Å². The Morgan fingerprint density at radius 3 is 2.18 bits per heavy atom. The second-order valence-corrected chi connectivity index (χ2v) is 18.9. The SMILES string of the molecule is CCC(Oc1ccc(C(C)(C)CC)cc1C(C)(C)CC)C(=O)Nc1ccc(N2N=C(c3ccc(OC)cc3)C(Oc3ccc(C)cc3C(C)Sc3nnnn3-c3ccccc3)C2=O)cc1. The van der Waals surface area contributed by atoms with Gasteiger partial charge in [0.1, 0.15) is 23.0 Å². The van der Waals surface area contributed by atoms with Gasteiger partial charge in [-0.15, -0.1) is 5.10 Å². The lowest BCUT2D eigenvalue weighted by Gasteiger charge is -2.31. The van der Waals surface area contributed by atoms with Crippen LogP contribution in [0.3, 0.4) is 0 Å². The van der Waals surface area contributed by atoms with Gasteiger partial charge in [0, 0.05) is 27.6 Å². The highest BCUT2D eigenvalue weighted by molar-refractivity contribution is 7.99.